The van der Waals surface area contributed by atoms with Crippen LogP contribution in [0.2, 0.25) is 0 Å². The number of aliphatic hydroxyl groups excluding tert-OH is 2. The number of carbonyl (C=O) groups is 2. The largest absolute Gasteiger partial charge is 0.460 e. The number of quaternary nitrogens is 2. The van der Waals surface area contributed by atoms with Crippen molar-refractivity contribution in [3.8, 4) is 0 Å². The van der Waals surface area contributed by atoms with E-state index in [1.807, 2.05) is 0 Å². The average molecular weight is 687 g/mol. The first-order valence-electron chi connectivity index (χ1n) is 20.4. The molecule has 0 radical (unpaired) electrons. The second kappa shape index (κ2) is 33.0. The Hall–Kier alpha value is -1.22. The van der Waals surface area contributed by atoms with Gasteiger partial charge in [0.25, 0.3) is 0 Å². The van der Waals surface area contributed by atoms with Gasteiger partial charge in [-0.05, 0) is 12.8 Å². The lowest BCUT2D eigenvalue weighted by atomic mass is 10.1. The summed E-state index contributed by atoms with van der Waals surface area (Å²) in [6, 6.07) is 0. The molecule has 0 fully saturated rings. The lowest BCUT2D eigenvalue weighted by Crippen LogP contribution is -2.57. The number of hydrogen-bond donors (Lipinski definition) is 2. The van der Waals surface area contributed by atoms with Crippen molar-refractivity contribution in [1.29, 1.82) is 0 Å². The highest BCUT2D eigenvalue weighted by molar-refractivity contribution is 5.69. The van der Waals surface area contributed by atoms with Gasteiger partial charge in [-0.2, -0.15) is 0 Å². The fraction of sp³-hybridized carbons (Fsp3) is 0.950. The molecule has 0 bridgehead atoms. The van der Waals surface area contributed by atoms with Gasteiger partial charge in [0.05, 0.1) is 27.3 Å². The van der Waals surface area contributed by atoms with E-state index in [9.17, 15) is 19.8 Å². The van der Waals surface area contributed by atoms with Gasteiger partial charge < -0.3 is 28.7 Å². The van der Waals surface area contributed by atoms with E-state index in [-0.39, 0.29) is 25.2 Å². The zero-order valence-corrected chi connectivity index (χ0v) is 32.5. The Bertz CT molecular complexity index is 679. The van der Waals surface area contributed by atoms with Crippen molar-refractivity contribution in [2.24, 2.45) is 0 Å². The Balaban J connectivity index is 4.20. The maximum atomic E-state index is 12.3. The Morgan fingerprint density at radius 2 is 0.688 bits per heavy atom. The molecular weight excluding hydrogens is 604 g/mol. The van der Waals surface area contributed by atoms with Gasteiger partial charge in [-0.25, -0.2) is 0 Å². The van der Waals surface area contributed by atoms with Gasteiger partial charge in [0.15, 0.2) is 0 Å². The molecule has 2 unspecified atom stereocenters. The normalized spacial score (nSPS) is 14.0. The minimum absolute atomic E-state index is 0.0591. The molecule has 2 N–H and O–H groups in total. The summed E-state index contributed by atoms with van der Waals surface area (Å²) in [5, 5.41) is 19.5. The molecule has 0 aromatic rings. The van der Waals surface area contributed by atoms with Crippen molar-refractivity contribution >= 4 is 11.9 Å². The molecule has 0 heterocycles. The van der Waals surface area contributed by atoms with Crippen molar-refractivity contribution in [3.63, 3.8) is 0 Å². The third kappa shape index (κ3) is 29.7. The van der Waals surface area contributed by atoms with Crippen LogP contribution in [-0.4, -0.2) is 111 Å². The highest BCUT2D eigenvalue weighted by atomic mass is 16.5. The Morgan fingerprint density at radius 1 is 0.417 bits per heavy atom. The van der Waals surface area contributed by atoms with E-state index in [0.717, 1.165) is 38.8 Å². The van der Waals surface area contributed by atoms with Gasteiger partial charge in [0.2, 0.25) is 0 Å². The number of carbonyl (C=O) groups excluding carboxylic acids is 2. The van der Waals surface area contributed by atoms with Crippen LogP contribution >= 0.6 is 0 Å². The van der Waals surface area contributed by atoms with Gasteiger partial charge in [0, 0.05) is 12.8 Å². The third-order valence-electron chi connectivity index (χ3n) is 10.2. The highest BCUT2D eigenvalue weighted by Gasteiger charge is 2.29. The summed E-state index contributed by atoms with van der Waals surface area (Å²) in [6.07, 6.45) is 28.6. The van der Waals surface area contributed by atoms with Gasteiger partial charge in [0.1, 0.15) is 52.5 Å². The summed E-state index contributed by atoms with van der Waals surface area (Å²) in [5.74, 6) is -0.255. The molecule has 0 aromatic carbocycles. The van der Waals surface area contributed by atoms with E-state index in [1.54, 1.807) is 0 Å². The zero-order chi connectivity index (χ0) is 35.6. The maximum Gasteiger partial charge on any atom is 0.305 e. The number of likely N-dealkylation sites (N-methyl/N-ethyl adjacent to an activating group) is 2. The van der Waals surface area contributed by atoms with Crippen molar-refractivity contribution in [3.05, 3.63) is 0 Å². The summed E-state index contributed by atoms with van der Waals surface area (Å²) in [5.41, 5.74) is 0. The van der Waals surface area contributed by atoms with Crippen LogP contribution < -0.4 is 0 Å². The van der Waals surface area contributed by atoms with E-state index in [4.69, 9.17) is 9.47 Å². The van der Waals surface area contributed by atoms with Crippen LogP contribution in [-0.2, 0) is 19.1 Å². The molecule has 0 aliphatic heterocycles. The Kier molecular flexibility index (Phi) is 32.1. The lowest BCUT2D eigenvalue weighted by Gasteiger charge is -2.39. The standard InChI is InChI=1S/C40H82N2O6/c1-5-7-9-11-13-15-17-19-21-23-25-27-39(45)47-37-33-41(3,31-35-43)29-30-42(4,32-36-44)34-38-48-40(46)28-26-24-22-20-18-16-14-12-10-8-6-2/h43-44H,5-38H2,1-4H3/q+2. The predicted molar refractivity (Wildman–Crippen MR) is 200 cm³/mol. The lowest BCUT2D eigenvalue weighted by molar-refractivity contribution is -0.964. The first kappa shape index (κ1) is 46.8. The number of aliphatic hydroxyl groups is 2. The monoisotopic (exact) mass is 687 g/mol. The van der Waals surface area contributed by atoms with Crippen LogP contribution in [0.15, 0.2) is 0 Å². The van der Waals surface area contributed by atoms with Crippen molar-refractivity contribution in [2.45, 2.75) is 168 Å². The molecule has 0 amide bonds. The first-order valence-corrected chi connectivity index (χ1v) is 20.4. The van der Waals surface area contributed by atoms with Crippen molar-refractivity contribution in [1.82, 2.24) is 0 Å². The second-order valence-corrected chi connectivity index (χ2v) is 15.0. The van der Waals surface area contributed by atoms with Gasteiger partial charge in [-0.3, -0.25) is 9.59 Å². The van der Waals surface area contributed by atoms with E-state index >= 15 is 0 Å². The summed E-state index contributed by atoms with van der Waals surface area (Å²) >= 11 is 0. The molecule has 0 aliphatic rings. The molecule has 0 spiro atoms. The molecule has 2 atom stereocenters. The van der Waals surface area contributed by atoms with Gasteiger partial charge in [-0.15, -0.1) is 0 Å². The molecule has 0 aromatic heterocycles. The molecule has 286 valence electrons. The third-order valence-corrected chi connectivity index (χ3v) is 10.2. The first-order chi connectivity index (χ1) is 23.2. The van der Waals surface area contributed by atoms with E-state index in [0.29, 0.717) is 61.2 Å². The van der Waals surface area contributed by atoms with Crippen LogP contribution in [0.4, 0.5) is 0 Å². The summed E-state index contributed by atoms with van der Waals surface area (Å²) in [6.45, 7) is 9.26. The minimum atomic E-state index is -0.127. The predicted octanol–water partition coefficient (Wildman–Crippen LogP) is 8.35. The molecule has 0 saturated heterocycles. The fourth-order valence-electron chi connectivity index (χ4n) is 6.41. The van der Waals surface area contributed by atoms with Gasteiger partial charge >= 0.3 is 11.9 Å². The van der Waals surface area contributed by atoms with Crippen LogP contribution in [0.1, 0.15) is 168 Å². The van der Waals surface area contributed by atoms with Crippen LogP contribution in [0, 0.1) is 0 Å². The van der Waals surface area contributed by atoms with Crippen LogP contribution in [0.25, 0.3) is 0 Å². The Morgan fingerprint density at radius 3 is 0.958 bits per heavy atom. The average Bonchev–Trinajstić information content (AvgIpc) is 3.05. The number of nitrogens with zero attached hydrogens (tertiary/aromatic N) is 2. The minimum Gasteiger partial charge on any atom is -0.460 e. The SMILES string of the molecule is CCCCCCCCCCCCCC(=O)OCC[N+](C)(CCO)CC[N+](C)(CCO)CCOC(=O)CCCCCCCCCCCCC. The summed E-state index contributed by atoms with van der Waals surface area (Å²) in [7, 11) is 4.18. The van der Waals surface area contributed by atoms with Gasteiger partial charge in [-0.1, -0.05) is 142 Å². The quantitative estimate of drug-likeness (QED) is 0.0388. The fourth-order valence-corrected chi connectivity index (χ4v) is 6.41. The maximum absolute atomic E-state index is 12.3. The van der Waals surface area contributed by atoms with Crippen molar-refractivity contribution in [2.75, 3.05) is 79.8 Å². The molecule has 8 heteroatoms. The van der Waals surface area contributed by atoms with E-state index in [2.05, 4.69) is 27.9 Å². The topological polar surface area (TPSA) is 93.1 Å². The smallest absolute Gasteiger partial charge is 0.305 e. The number of ether oxygens (including phenoxy) is 2. The zero-order valence-electron chi connectivity index (χ0n) is 32.5. The summed E-state index contributed by atoms with van der Waals surface area (Å²) < 4.78 is 12.3. The molecule has 0 aliphatic carbocycles. The molecule has 48 heavy (non-hydrogen) atoms. The summed E-state index contributed by atoms with van der Waals surface area (Å²) in [4.78, 5) is 24.7. The van der Waals surface area contributed by atoms with Crippen LogP contribution in [0.3, 0.4) is 0 Å². The number of rotatable bonds is 37. The van der Waals surface area contributed by atoms with E-state index < -0.39 is 0 Å². The molecule has 0 saturated carbocycles. The molecule has 0 rings (SSSR count). The number of unbranched alkanes of at least 4 members (excludes halogenated alkanes) is 20. The number of esters is 2. The second-order valence-electron chi connectivity index (χ2n) is 15.0. The number of hydrogen-bond acceptors (Lipinski definition) is 6. The van der Waals surface area contributed by atoms with E-state index in [1.165, 1.54) is 116 Å². The van der Waals surface area contributed by atoms with Crippen LogP contribution in [0.5, 0.6) is 0 Å². The molecule has 8 nitrogen and oxygen atoms in total. The molecular formula is C40H82N2O6+2. The highest BCUT2D eigenvalue weighted by Crippen LogP contribution is 2.14. The van der Waals surface area contributed by atoms with Crippen molar-refractivity contribution < 1.29 is 38.2 Å². The Labute approximate surface area is 297 Å².